The monoisotopic (exact) mass is 362 g/mol. The molecule has 1 aromatic heterocycles. The lowest BCUT2D eigenvalue weighted by Gasteiger charge is -2.15. The van der Waals surface area contributed by atoms with Crippen LogP contribution in [0.5, 0.6) is 0 Å². The highest BCUT2D eigenvalue weighted by molar-refractivity contribution is 6.11. The number of H-pyrrole nitrogens is 1. The molecule has 0 radical (unpaired) electrons. The Kier molecular flexibility index (Phi) is 4.42. The summed E-state index contributed by atoms with van der Waals surface area (Å²) in [5, 5.41) is 9.89. The van der Waals surface area contributed by atoms with E-state index >= 15 is 0 Å². The van der Waals surface area contributed by atoms with Crippen LogP contribution in [0.25, 0.3) is 10.8 Å². The number of benzene rings is 2. The zero-order valence-electron chi connectivity index (χ0n) is 14.6. The number of carbonyl (C=O) groups is 2. The van der Waals surface area contributed by atoms with Crippen molar-refractivity contribution in [1.29, 1.82) is 0 Å². The molecule has 2 N–H and O–H groups in total. The molecule has 1 aliphatic heterocycles. The zero-order chi connectivity index (χ0) is 18.8. The highest BCUT2D eigenvalue weighted by atomic mass is 16.2. The van der Waals surface area contributed by atoms with Gasteiger partial charge in [-0.1, -0.05) is 18.2 Å². The number of hydrogen-bond donors (Lipinski definition) is 2. The Morgan fingerprint density at radius 1 is 0.963 bits per heavy atom. The first-order valence-corrected chi connectivity index (χ1v) is 8.81. The van der Waals surface area contributed by atoms with Gasteiger partial charge in [-0.25, -0.2) is 5.10 Å². The summed E-state index contributed by atoms with van der Waals surface area (Å²) in [5.41, 5.74) is 0.951. The Morgan fingerprint density at radius 3 is 2.33 bits per heavy atom. The van der Waals surface area contributed by atoms with E-state index in [1.807, 2.05) is 4.90 Å². The number of aromatic nitrogens is 2. The molecule has 3 aromatic rings. The van der Waals surface area contributed by atoms with Crippen LogP contribution in [-0.2, 0) is 0 Å². The van der Waals surface area contributed by atoms with Crippen LogP contribution in [0.1, 0.15) is 33.7 Å². The third-order valence-corrected chi connectivity index (χ3v) is 4.69. The summed E-state index contributed by atoms with van der Waals surface area (Å²) in [4.78, 5) is 38.6. The number of nitrogens with zero attached hydrogens (tertiary/aromatic N) is 2. The van der Waals surface area contributed by atoms with Crippen LogP contribution in [0, 0.1) is 0 Å². The summed E-state index contributed by atoms with van der Waals surface area (Å²) in [6.07, 6.45) is 2.08. The van der Waals surface area contributed by atoms with Gasteiger partial charge >= 0.3 is 0 Å². The van der Waals surface area contributed by atoms with E-state index in [1.165, 1.54) is 0 Å². The highest BCUT2D eigenvalue weighted by Crippen LogP contribution is 2.17. The summed E-state index contributed by atoms with van der Waals surface area (Å²) >= 11 is 0. The van der Waals surface area contributed by atoms with E-state index in [1.54, 1.807) is 48.5 Å². The van der Waals surface area contributed by atoms with Crippen molar-refractivity contribution in [3.63, 3.8) is 0 Å². The number of hydrogen-bond acceptors (Lipinski definition) is 4. The number of likely N-dealkylation sites (tertiary alicyclic amines) is 1. The van der Waals surface area contributed by atoms with Crippen molar-refractivity contribution in [2.45, 2.75) is 12.8 Å². The van der Waals surface area contributed by atoms with Crippen molar-refractivity contribution in [1.82, 2.24) is 15.1 Å². The van der Waals surface area contributed by atoms with Gasteiger partial charge in [0.1, 0.15) is 0 Å². The summed E-state index contributed by atoms with van der Waals surface area (Å²) in [6, 6.07) is 13.6. The predicted molar refractivity (Wildman–Crippen MR) is 102 cm³/mol. The SMILES string of the molecule is O=C(Nc1ccc(C(=O)N2CCCC2)cc1)c1n[nH]c(=O)c2ccccc12. The number of amides is 2. The van der Waals surface area contributed by atoms with Gasteiger partial charge in [0.25, 0.3) is 17.4 Å². The van der Waals surface area contributed by atoms with E-state index in [2.05, 4.69) is 15.5 Å². The standard InChI is InChI=1S/C20H18N4O3/c25-18-16-6-2-1-5-15(16)17(22-23-18)19(26)21-14-9-7-13(8-10-14)20(27)24-11-3-4-12-24/h1-2,5-10H,3-4,11-12H2,(H,21,26)(H,23,25). The maximum absolute atomic E-state index is 12.6. The van der Waals surface area contributed by atoms with Crippen LogP contribution < -0.4 is 10.9 Å². The minimum absolute atomic E-state index is 0.0127. The van der Waals surface area contributed by atoms with Gasteiger partial charge in [0.2, 0.25) is 0 Å². The minimum atomic E-state index is -0.430. The van der Waals surface area contributed by atoms with E-state index in [0.717, 1.165) is 25.9 Å². The Labute approximate surface area is 155 Å². The average Bonchev–Trinajstić information content (AvgIpc) is 3.23. The lowest BCUT2D eigenvalue weighted by atomic mass is 10.1. The number of aromatic amines is 1. The second-order valence-corrected chi connectivity index (χ2v) is 6.48. The first kappa shape index (κ1) is 17.0. The first-order valence-electron chi connectivity index (χ1n) is 8.81. The third-order valence-electron chi connectivity index (χ3n) is 4.69. The van der Waals surface area contributed by atoms with Crippen molar-refractivity contribution in [3.8, 4) is 0 Å². The number of fused-ring (bicyclic) bond motifs is 1. The van der Waals surface area contributed by atoms with Gasteiger partial charge in [-0.15, -0.1) is 0 Å². The molecule has 0 atom stereocenters. The summed E-state index contributed by atoms with van der Waals surface area (Å²) in [5.74, 6) is -0.417. The fourth-order valence-corrected chi connectivity index (χ4v) is 3.28. The molecule has 4 rings (SSSR count). The molecule has 1 saturated heterocycles. The normalized spacial score (nSPS) is 13.7. The van der Waals surface area contributed by atoms with E-state index < -0.39 is 5.91 Å². The van der Waals surface area contributed by atoms with Crippen molar-refractivity contribution < 1.29 is 9.59 Å². The average molecular weight is 362 g/mol. The fraction of sp³-hybridized carbons (Fsp3) is 0.200. The van der Waals surface area contributed by atoms with Crippen LogP contribution in [0.4, 0.5) is 5.69 Å². The van der Waals surface area contributed by atoms with Gasteiger partial charge in [-0.05, 0) is 43.2 Å². The van der Waals surface area contributed by atoms with E-state index in [9.17, 15) is 14.4 Å². The molecule has 0 saturated carbocycles. The second kappa shape index (κ2) is 7.03. The quantitative estimate of drug-likeness (QED) is 0.748. The molecule has 7 heteroatoms. The van der Waals surface area contributed by atoms with Crippen molar-refractivity contribution in [2.24, 2.45) is 0 Å². The van der Waals surface area contributed by atoms with Gasteiger partial charge in [0.15, 0.2) is 5.69 Å². The number of anilines is 1. The lowest BCUT2D eigenvalue weighted by molar-refractivity contribution is 0.0792. The fourth-order valence-electron chi connectivity index (χ4n) is 3.28. The van der Waals surface area contributed by atoms with Crippen LogP contribution in [0.3, 0.4) is 0 Å². The molecular formula is C20H18N4O3. The Balaban J connectivity index is 1.54. The summed E-state index contributed by atoms with van der Waals surface area (Å²) in [6.45, 7) is 1.59. The molecule has 2 amide bonds. The third kappa shape index (κ3) is 3.31. The van der Waals surface area contributed by atoms with Crippen molar-refractivity contribution in [2.75, 3.05) is 18.4 Å². The molecule has 7 nitrogen and oxygen atoms in total. The second-order valence-electron chi connectivity index (χ2n) is 6.48. The molecule has 0 spiro atoms. The van der Waals surface area contributed by atoms with Crippen LogP contribution in [0.15, 0.2) is 53.3 Å². The van der Waals surface area contributed by atoms with Crippen LogP contribution in [0.2, 0.25) is 0 Å². The highest BCUT2D eigenvalue weighted by Gasteiger charge is 2.19. The number of nitrogens with one attached hydrogen (secondary N) is 2. The minimum Gasteiger partial charge on any atom is -0.339 e. The first-order chi connectivity index (χ1) is 13.1. The topological polar surface area (TPSA) is 95.2 Å². The maximum Gasteiger partial charge on any atom is 0.276 e. The van der Waals surface area contributed by atoms with E-state index in [0.29, 0.717) is 22.0 Å². The summed E-state index contributed by atoms with van der Waals surface area (Å²) < 4.78 is 0. The zero-order valence-corrected chi connectivity index (χ0v) is 14.6. The molecular weight excluding hydrogens is 344 g/mol. The van der Waals surface area contributed by atoms with Crippen molar-refractivity contribution >= 4 is 28.3 Å². The van der Waals surface area contributed by atoms with E-state index in [4.69, 9.17) is 0 Å². The predicted octanol–water partition coefficient (Wildman–Crippen LogP) is 2.41. The molecule has 0 unspecified atom stereocenters. The van der Waals surface area contributed by atoms with Crippen LogP contribution >= 0.6 is 0 Å². The molecule has 136 valence electrons. The molecule has 1 fully saturated rings. The van der Waals surface area contributed by atoms with Gasteiger partial charge in [0.05, 0.1) is 5.39 Å². The van der Waals surface area contributed by atoms with E-state index in [-0.39, 0.29) is 17.2 Å². The van der Waals surface area contributed by atoms with Crippen LogP contribution in [-0.4, -0.2) is 40.0 Å². The molecule has 0 aliphatic carbocycles. The van der Waals surface area contributed by atoms with Gasteiger partial charge in [-0.2, -0.15) is 5.10 Å². The van der Waals surface area contributed by atoms with Gasteiger partial charge in [0, 0.05) is 29.7 Å². The Morgan fingerprint density at radius 2 is 1.63 bits per heavy atom. The summed E-state index contributed by atoms with van der Waals surface area (Å²) in [7, 11) is 0. The smallest absolute Gasteiger partial charge is 0.276 e. The molecule has 27 heavy (non-hydrogen) atoms. The molecule has 0 bridgehead atoms. The number of rotatable bonds is 3. The molecule has 2 heterocycles. The maximum atomic E-state index is 12.6. The van der Waals surface area contributed by atoms with Gasteiger partial charge < -0.3 is 10.2 Å². The Bertz CT molecular complexity index is 1070. The van der Waals surface area contributed by atoms with Crippen molar-refractivity contribution in [3.05, 3.63) is 70.1 Å². The molecule has 1 aliphatic rings. The molecule has 2 aromatic carbocycles. The Hall–Kier alpha value is -3.48. The number of carbonyl (C=O) groups excluding carboxylic acids is 2. The lowest BCUT2D eigenvalue weighted by Crippen LogP contribution is -2.27. The van der Waals surface area contributed by atoms with Gasteiger partial charge in [-0.3, -0.25) is 14.4 Å². The largest absolute Gasteiger partial charge is 0.339 e.